The molecule has 0 fully saturated rings. The highest BCUT2D eigenvalue weighted by atomic mass is 35.5. The van der Waals surface area contributed by atoms with Gasteiger partial charge in [-0.2, -0.15) is 0 Å². The van der Waals surface area contributed by atoms with Gasteiger partial charge in [0.15, 0.2) is 0 Å². The van der Waals surface area contributed by atoms with Crippen LogP contribution in [0.15, 0.2) is 53.4 Å². The lowest BCUT2D eigenvalue weighted by molar-refractivity contribution is -0.139. The van der Waals surface area contributed by atoms with E-state index in [2.05, 4.69) is 5.32 Å². The van der Waals surface area contributed by atoms with E-state index in [4.69, 9.17) is 11.6 Å². The molecule has 0 bridgehead atoms. The van der Waals surface area contributed by atoms with E-state index in [0.717, 1.165) is 10.5 Å². The minimum absolute atomic E-state index is 0.105. The molecule has 0 aliphatic carbocycles. The maximum Gasteiger partial charge on any atom is 0.242 e. The predicted octanol–water partition coefficient (Wildman–Crippen LogP) is 5.07. The third-order valence-electron chi connectivity index (χ3n) is 4.35. The monoisotopic (exact) mass is 432 g/mol. The summed E-state index contributed by atoms with van der Waals surface area (Å²) in [7, 11) is 0. The Bertz CT molecular complexity index is 847. The highest BCUT2D eigenvalue weighted by molar-refractivity contribution is 8.00. The van der Waals surface area contributed by atoms with E-state index < -0.39 is 6.04 Å². The molecule has 1 N–H and O–H groups in total. The second-order valence-electron chi connectivity index (χ2n) is 8.13. The highest BCUT2D eigenvalue weighted by Crippen LogP contribution is 2.22. The first-order chi connectivity index (χ1) is 13.6. The van der Waals surface area contributed by atoms with Gasteiger partial charge in [0, 0.05) is 22.0 Å². The molecule has 0 aromatic heterocycles. The Hall–Kier alpha value is -1.98. The molecule has 4 nitrogen and oxygen atoms in total. The first-order valence-corrected chi connectivity index (χ1v) is 11.0. The third kappa shape index (κ3) is 7.41. The number of hydrogen-bond donors (Lipinski definition) is 1. The molecule has 0 unspecified atom stereocenters. The quantitative estimate of drug-likeness (QED) is 0.621. The van der Waals surface area contributed by atoms with E-state index in [1.165, 1.54) is 17.3 Å². The largest absolute Gasteiger partial charge is 0.350 e. The molecule has 156 valence electrons. The van der Waals surface area contributed by atoms with Crippen LogP contribution < -0.4 is 5.32 Å². The Morgan fingerprint density at radius 3 is 2.31 bits per heavy atom. The van der Waals surface area contributed by atoms with Crippen molar-refractivity contribution in [2.75, 3.05) is 5.75 Å². The molecule has 0 aliphatic rings. The van der Waals surface area contributed by atoms with Gasteiger partial charge in [0.1, 0.15) is 6.04 Å². The van der Waals surface area contributed by atoms with E-state index in [1.54, 1.807) is 17.9 Å². The lowest BCUT2D eigenvalue weighted by atomic mass is 10.1. The van der Waals surface area contributed by atoms with Crippen molar-refractivity contribution in [3.63, 3.8) is 0 Å². The summed E-state index contributed by atoms with van der Waals surface area (Å²) < 4.78 is 0. The average molecular weight is 433 g/mol. The highest BCUT2D eigenvalue weighted by Gasteiger charge is 2.28. The van der Waals surface area contributed by atoms with Crippen LogP contribution in [0, 0.1) is 6.92 Å². The van der Waals surface area contributed by atoms with Crippen LogP contribution in [0.25, 0.3) is 0 Å². The molecule has 2 rings (SSSR count). The number of nitrogens with zero attached hydrogens (tertiary/aromatic N) is 1. The lowest BCUT2D eigenvalue weighted by Gasteiger charge is -2.31. The van der Waals surface area contributed by atoms with Gasteiger partial charge in [0.2, 0.25) is 11.8 Å². The van der Waals surface area contributed by atoms with Crippen LogP contribution in [0.3, 0.4) is 0 Å². The molecule has 0 heterocycles. The summed E-state index contributed by atoms with van der Waals surface area (Å²) in [6.07, 6.45) is 0. The van der Waals surface area contributed by atoms with Crippen LogP contribution in [0.4, 0.5) is 0 Å². The number of halogens is 1. The summed E-state index contributed by atoms with van der Waals surface area (Å²) in [6.45, 7) is 9.83. The molecular weight excluding hydrogens is 404 g/mol. The normalized spacial score (nSPS) is 12.3. The minimum atomic E-state index is -0.614. The van der Waals surface area contributed by atoms with Crippen LogP contribution in [0.5, 0.6) is 0 Å². The number of rotatable bonds is 7. The Morgan fingerprint density at radius 2 is 1.72 bits per heavy atom. The van der Waals surface area contributed by atoms with Crippen molar-refractivity contribution < 1.29 is 9.59 Å². The Kier molecular flexibility index (Phi) is 8.17. The first-order valence-electron chi connectivity index (χ1n) is 9.61. The van der Waals surface area contributed by atoms with Crippen molar-refractivity contribution in [3.05, 3.63) is 64.7 Å². The molecule has 0 spiro atoms. The summed E-state index contributed by atoms with van der Waals surface area (Å²) in [5.41, 5.74) is 1.62. The van der Waals surface area contributed by atoms with Crippen LogP contribution in [-0.4, -0.2) is 34.0 Å². The number of amides is 2. The van der Waals surface area contributed by atoms with Gasteiger partial charge in [-0.25, -0.2) is 0 Å². The van der Waals surface area contributed by atoms with Crippen molar-refractivity contribution in [1.29, 1.82) is 0 Å². The van der Waals surface area contributed by atoms with E-state index in [1.807, 2.05) is 70.2 Å². The van der Waals surface area contributed by atoms with Crippen molar-refractivity contribution >= 4 is 35.2 Å². The number of hydrogen-bond acceptors (Lipinski definition) is 3. The molecule has 2 aromatic rings. The molecule has 1 atom stereocenters. The molecule has 2 aromatic carbocycles. The van der Waals surface area contributed by atoms with Gasteiger partial charge < -0.3 is 10.2 Å². The molecule has 6 heteroatoms. The number of aryl methyl sites for hydroxylation is 1. The second kappa shape index (κ2) is 10.2. The molecule has 0 aliphatic heterocycles. The van der Waals surface area contributed by atoms with E-state index >= 15 is 0 Å². The van der Waals surface area contributed by atoms with Gasteiger partial charge in [0.05, 0.1) is 5.75 Å². The van der Waals surface area contributed by atoms with Crippen molar-refractivity contribution in [3.8, 4) is 0 Å². The molecule has 0 radical (unpaired) electrons. The molecule has 0 saturated carbocycles. The number of carbonyl (C=O) groups excluding carboxylic acids is 2. The van der Waals surface area contributed by atoms with Gasteiger partial charge in [-0.3, -0.25) is 9.59 Å². The summed E-state index contributed by atoms with van der Waals surface area (Å²) in [6, 6.07) is 14.8. The van der Waals surface area contributed by atoms with Gasteiger partial charge in [-0.1, -0.05) is 47.5 Å². The third-order valence-corrected chi connectivity index (χ3v) is 5.71. The fraction of sp³-hybridized carbons (Fsp3) is 0.391. The number of thioether (sulfide) groups is 1. The zero-order chi connectivity index (χ0) is 21.6. The van der Waals surface area contributed by atoms with E-state index in [0.29, 0.717) is 5.02 Å². The molecular formula is C23H29ClN2O2S. The zero-order valence-electron chi connectivity index (χ0n) is 17.7. The maximum absolute atomic E-state index is 13.1. The lowest BCUT2D eigenvalue weighted by Crippen LogP contribution is -2.52. The van der Waals surface area contributed by atoms with E-state index in [-0.39, 0.29) is 29.7 Å². The topological polar surface area (TPSA) is 49.4 Å². The van der Waals surface area contributed by atoms with Gasteiger partial charge in [-0.05, 0) is 58.4 Å². The predicted molar refractivity (Wildman–Crippen MR) is 121 cm³/mol. The first kappa shape index (κ1) is 23.3. The summed E-state index contributed by atoms with van der Waals surface area (Å²) in [5, 5.41) is 3.55. The summed E-state index contributed by atoms with van der Waals surface area (Å²) in [4.78, 5) is 28.5. The fourth-order valence-electron chi connectivity index (χ4n) is 2.73. The Morgan fingerprint density at radius 1 is 1.10 bits per heavy atom. The van der Waals surface area contributed by atoms with Crippen LogP contribution in [0.1, 0.15) is 38.8 Å². The van der Waals surface area contributed by atoms with Crippen LogP contribution >= 0.6 is 23.4 Å². The van der Waals surface area contributed by atoms with Gasteiger partial charge >= 0.3 is 0 Å². The van der Waals surface area contributed by atoms with E-state index in [9.17, 15) is 9.59 Å². The maximum atomic E-state index is 13.1. The molecule has 2 amide bonds. The Balaban J connectivity index is 2.18. The number of carbonyl (C=O) groups is 2. The summed E-state index contributed by atoms with van der Waals surface area (Å²) in [5.74, 6) is -0.0361. The number of nitrogens with one attached hydrogen (secondary N) is 1. The van der Waals surface area contributed by atoms with Gasteiger partial charge in [0.25, 0.3) is 0 Å². The van der Waals surface area contributed by atoms with Crippen molar-refractivity contribution in [2.45, 2.75) is 57.6 Å². The van der Waals surface area contributed by atoms with Crippen molar-refractivity contribution in [2.24, 2.45) is 0 Å². The van der Waals surface area contributed by atoms with Crippen molar-refractivity contribution in [1.82, 2.24) is 10.2 Å². The Labute approximate surface area is 183 Å². The fourth-order valence-corrected chi connectivity index (χ4v) is 3.71. The van der Waals surface area contributed by atoms with Crippen LogP contribution in [-0.2, 0) is 16.1 Å². The SMILES string of the molecule is Cc1ccc(SCC(=O)N(Cc2ccccc2Cl)[C@H](C)C(=O)NC(C)(C)C)cc1. The summed E-state index contributed by atoms with van der Waals surface area (Å²) >= 11 is 7.77. The van der Waals surface area contributed by atoms with Gasteiger partial charge in [-0.15, -0.1) is 11.8 Å². The second-order valence-corrected chi connectivity index (χ2v) is 9.59. The smallest absolute Gasteiger partial charge is 0.242 e. The number of benzene rings is 2. The molecule has 29 heavy (non-hydrogen) atoms. The average Bonchev–Trinajstić information content (AvgIpc) is 2.65. The standard InChI is InChI=1S/C23H29ClN2O2S/c1-16-10-12-19(13-11-16)29-15-21(27)26(14-18-8-6-7-9-20(18)24)17(2)22(28)25-23(3,4)5/h6-13,17H,14-15H2,1-5H3,(H,25,28)/t17-/m1/s1. The zero-order valence-corrected chi connectivity index (χ0v) is 19.2. The minimum Gasteiger partial charge on any atom is -0.350 e. The van der Waals surface area contributed by atoms with Crippen LogP contribution in [0.2, 0.25) is 5.02 Å². The molecule has 0 saturated heterocycles.